The van der Waals surface area contributed by atoms with Crippen LogP contribution in [-0.2, 0) is 11.8 Å². The highest BCUT2D eigenvalue weighted by Crippen LogP contribution is 2.35. The van der Waals surface area contributed by atoms with Gasteiger partial charge in [0.15, 0.2) is 0 Å². The summed E-state index contributed by atoms with van der Waals surface area (Å²) >= 11 is 0. The van der Waals surface area contributed by atoms with Gasteiger partial charge in [-0.2, -0.15) is 0 Å². The average Bonchev–Trinajstić information content (AvgIpc) is 3.04. The van der Waals surface area contributed by atoms with Crippen molar-refractivity contribution >= 4 is 17.0 Å². The Balaban J connectivity index is 1.31. The first kappa shape index (κ1) is 20.3. The van der Waals surface area contributed by atoms with Crippen LogP contribution in [0.1, 0.15) is 57.9 Å². The minimum absolute atomic E-state index is 0.161. The molecule has 1 aromatic carbocycles. The van der Waals surface area contributed by atoms with E-state index in [4.69, 9.17) is 4.74 Å². The number of hydrogen-bond donors (Lipinski definition) is 0. The zero-order chi connectivity index (χ0) is 20.6. The number of amides is 1. The maximum Gasteiger partial charge on any atom is 0.410 e. The third-order valence-electron chi connectivity index (χ3n) is 6.53. The third-order valence-corrected chi connectivity index (χ3v) is 6.53. The molecule has 0 bridgehead atoms. The summed E-state index contributed by atoms with van der Waals surface area (Å²) < 4.78 is 7.80. The second-order valence-electron chi connectivity index (χ2n) is 9.72. The number of likely N-dealkylation sites (tertiary alicyclic amines) is 2. The number of aromatic nitrogens is 1. The van der Waals surface area contributed by atoms with E-state index in [9.17, 15) is 4.79 Å². The number of piperidine rings is 2. The molecular formula is C24H35N3O2. The Kier molecular flexibility index (Phi) is 5.60. The highest BCUT2D eigenvalue weighted by Gasteiger charge is 2.32. The number of aryl methyl sites for hydroxylation is 1. The molecule has 2 aliphatic rings. The molecule has 2 saturated heterocycles. The summed E-state index contributed by atoms with van der Waals surface area (Å²) in [7, 11) is 2.15. The van der Waals surface area contributed by atoms with Crippen LogP contribution < -0.4 is 0 Å². The lowest BCUT2D eigenvalue weighted by molar-refractivity contribution is 0.0127. The van der Waals surface area contributed by atoms with E-state index in [1.807, 2.05) is 25.7 Å². The third kappa shape index (κ3) is 4.45. The molecule has 2 fully saturated rings. The molecule has 4 rings (SSSR count). The van der Waals surface area contributed by atoms with E-state index < -0.39 is 5.60 Å². The van der Waals surface area contributed by atoms with Gasteiger partial charge in [0.25, 0.3) is 0 Å². The van der Waals surface area contributed by atoms with Crippen LogP contribution in [0.3, 0.4) is 0 Å². The fourth-order valence-corrected chi connectivity index (χ4v) is 5.01. The van der Waals surface area contributed by atoms with Crippen LogP contribution in [0.5, 0.6) is 0 Å². The molecule has 5 heteroatoms. The van der Waals surface area contributed by atoms with E-state index in [1.165, 1.54) is 29.3 Å². The average molecular weight is 398 g/mol. The molecule has 0 aliphatic carbocycles. The van der Waals surface area contributed by atoms with Crippen LogP contribution in [-0.4, -0.2) is 58.3 Å². The molecule has 2 aliphatic heterocycles. The lowest BCUT2D eigenvalue weighted by atomic mass is 9.88. The standard InChI is InChI=1S/C24H35N3O2/c1-24(2,3)29-23(28)27-15-11-19(12-16-27)26-13-9-18(10-14-26)21-17-25(4)22-8-6-5-7-20(21)22/h5-8,17-19H,9-16H2,1-4H3. The molecule has 0 atom stereocenters. The summed E-state index contributed by atoms with van der Waals surface area (Å²) in [6.45, 7) is 9.72. The van der Waals surface area contributed by atoms with Gasteiger partial charge in [-0.1, -0.05) is 18.2 Å². The molecule has 3 heterocycles. The number of fused-ring (bicyclic) bond motifs is 1. The highest BCUT2D eigenvalue weighted by atomic mass is 16.6. The van der Waals surface area contributed by atoms with Crippen LogP contribution >= 0.6 is 0 Å². The molecule has 0 spiro atoms. The lowest BCUT2D eigenvalue weighted by Crippen LogP contribution is -2.49. The molecule has 158 valence electrons. The minimum atomic E-state index is -0.419. The summed E-state index contributed by atoms with van der Waals surface area (Å²) in [6, 6.07) is 9.36. The van der Waals surface area contributed by atoms with Gasteiger partial charge in [0.1, 0.15) is 5.60 Å². The van der Waals surface area contributed by atoms with Crippen molar-refractivity contribution in [1.82, 2.24) is 14.4 Å². The second kappa shape index (κ2) is 8.02. The number of benzene rings is 1. The fraction of sp³-hybridized carbons (Fsp3) is 0.625. The maximum absolute atomic E-state index is 12.3. The van der Waals surface area contributed by atoms with Gasteiger partial charge < -0.3 is 19.1 Å². The lowest BCUT2D eigenvalue weighted by Gasteiger charge is -2.42. The SMILES string of the molecule is Cn1cc(C2CCN(C3CCN(C(=O)OC(C)(C)C)CC3)CC2)c2ccccc21. The smallest absolute Gasteiger partial charge is 0.410 e. The van der Waals surface area contributed by atoms with Gasteiger partial charge in [-0.3, -0.25) is 0 Å². The van der Waals surface area contributed by atoms with E-state index in [1.54, 1.807) is 0 Å². The van der Waals surface area contributed by atoms with E-state index in [0.717, 1.165) is 39.0 Å². The number of carbonyl (C=O) groups is 1. The summed E-state index contributed by atoms with van der Waals surface area (Å²) in [5, 5.41) is 1.42. The molecule has 0 radical (unpaired) electrons. The molecular weight excluding hydrogens is 362 g/mol. The van der Waals surface area contributed by atoms with Crippen molar-refractivity contribution < 1.29 is 9.53 Å². The predicted molar refractivity (Wildman–Crippen MR) is 117 cm³/mol. The van der Waals surface area contributed by atoms with Gasteiger partial charge in [-0.05, 0) is 77.1 Å². The van der Waals surface area contributed by atoms with Crippen LogP contribution in [0.25, 0.3) is 10.9 Å². The Bertz CT molecular complexity index is 851. The van der Waals surface area contributed by atoms with Crippen LogP contribution in [0.15, 0.2) is 30.5 Å². The predicted octanol–water partition coefficient (Wildman–Crippen LogP) is 4.76. The zero-order valence-electron chi connectivity index (χ0n) is 18.4. The first-order valence-corrected chi connectivity index (χ1v) is 11.1. The molecule has 0 unspecified atom stereocenters. The van der Waals surface area contributed by atoms with Gasteiger partial charge in [-0.25, -0.2) is 4.79 Å². The van der Waals surface area contributed by atoms with E-state index in [-0.39, 0.29) is 6.09 Å². The number of carbonyl (C=O) groups excluding carboxylic acids is 1. The zero-order valence-corrected chi connectivity index (χ0v) is 18.4. The summed E-state index contributed by atoms with van der Waals surface area (Å²) in [5.74, 6) is 0.652. The number of rotatable bonds is 2. The molecule has 29 heavy (non-hydrogen) atoms. The first-order chi connectivity index (χ1) is 13.8. The van der Waals surface area contributed by atoms with Crippen LogP contribution in [0.2, 0.25) is 0 Å². The van der Waals surface area contributed by atoms with Crippen molar-refractivity contribution in [2.75, 3.05) is 26.2 Å². The van der Waals surface area contributed by atoms with Gasteiger partial charge in [0.05, 0.1) is 0 Å². The fourth-order valence-electron chi connectivity index (χ4n) is 5.01. The van der Waals surface area contributed by atoms with Crippen molar-refractivity contribution in [3.05, 3.63) is 36.0 Å². The number of para-hydroxylation sites is 1. The molecule has 0 N–H and O–H groups in total. The molecule has 0 saturated carbocycles. The van der Waals surface area contributed by atoms with E-state index in [2.05, 4.69) is 47.0 Å². The van der Waals surface area contributed by atoms with Gasteiger partial charge in [-0.15, -0.1) is 0 Å². The van der Waals surface area contributed by atoms with Crippen molar-refractivity contribution in [3.8, 4) is 0 Å². The van der Waals surface area contributed by atoms with E-state index >= 15 is 0 Å². The second-order valence-corrected chi connectivity index (χ2v) is 9.72. The number of nitrogens with zero attached hydrogens (tertiary/aromatic N) is 3. The Morgan fingerprint density at radius 2 is 1.66 bits per heavy atom. The normalized spacial score (nSPS) is 20.3. The van der Waals surface area contributed by atoms with Gasteiger partial charge >= 0.3 is 6.09 Å². The number of ether oxygens (including phenoxy) is 1. The molecule has 2 aromatic rings. The van der Waals surface area contributed by atoms with Crippen molar-refractivity contribution in [3.63, 3.8) is 0 Å². The Morgan fingerprint density at radius 1 is 1.00 bits per heavy atom. The van der Waals surface area contributed by atoms with Crippen LogP contribution in [0.4, 0.5) is 4.79 Å². The Labute approximate surface area is 174 Å². The summed E-state index contributed by atoms with van der Waals surface area (Å²) in [5.41, 5.74) is 2.43. The highest BCUT2D eigenvalue weighted by molar-refractivity contribution is 5.84. The Morgan fingerprint density at radius 3 is 2.31 bits per heavy atom. The first-order valence-electron chi connectivity index (χ1n) is 11.1. The Hall–Kier alpha value is -2.01. The van der Waals surface area contributed by atoms with E-state index in [0.29, 0.717) is 12.0 Å². The number of hydrogen-bond acceptors (Lipinski definition) is 3. The monoisotopic (exact) mass is 397 g/mol. The maximum atomic E-state index is 12.3. The largest absolute Gasteiger partial charge is 0.444 e. The van der Waals surface area contributed by atoms with Gasteiger partial charge in [0, 0.05) is 43.3 Å². The molecule has 5 nitrogen and oxygen atoms in total. The van der Waals surface area contributed by atoms with Crippen molar-refractivity contribution in [2.45, 2.75) is 64.0 Å². The molecule has 1 aromatic heterocycles. The molecule has 1 amide bonds. The van der Waals surface area contributed by atoms with Crippen LogP contribution in [0, 0.1) is 0 Å². The summed E-state index contributed by atoms with van der Waals surface area (Å²) in [6.07, 6.45) is 6.73. The topological polar surface area (TPSA) is 37.7 Å². The minimum Gasteiger partial charge on any atom is -0.444 e. The van der Waals surface area contributed by atoms with Gasteiger partial charge in [0.2, 0.25) is 0 Å². The quantitative estimate of drug-likeness (QED) is 0.733. The van der Waals surface area contributed by atoms with Crippen molar-refractivity contribution in [1.29, 1.82) is 0 Å². The summed E-state index contributed by atoms with van der Waals surface area (Å²) in [4.78, 5) is 16.8. The van der Waals surface area contributed by atoms with Crippen molar-refractivity contribution in [2.24, 2.45) is 7.05 Å².